The van der Waals surface area contributed by atoms with Crippen LogP contribution in [0.25, 0.3) is 0 Å². The molecule has 1 aromatic carbocycles. The van der Waals surface area contributed by atoms with Crippen LogP contribution in [0.15, 0.2) is 29.2 Å². The fourth-order valence-corrected chi connectivity index (χ4v) is 2.78. The zero-order chi connectivity index (χ0) is 12.5. The predicted octanol–water partition coefficient (Wildman–Crippen LogP) is 2.05. The first kappa shape index (κ1) is 11.6. The molecular formula is C12H14N4OS. The lowest BCUT2D eigenvalue weighted by atomic mass is 10.3. The van der Waals surface area contributed by atoms with Gasteiger partial charge in [-0.1, -0.05) is 12.1 Å². The summed E-state index contributed by atoms with van der Waals surface area (Å²) in [5, 5.41) is 7.00. The summed E-state index contributed by atoms with van der Waals surface area (Å²) in [5.74, 6) is 3.09. The Hall–Kier alpha value is -1.53. The minimum Gasteiger partial charge on any atom is -0.480 e. The number of nitrogens with zero attached hydrogens (tertiary/aromatic N) is 2. The van der Waals surface area contributed by atoms with E-state index in [1.807, 2.05) is 25.1 Å². The molecule has 3 N–H and O–H groups in total. The number of ether oxygens (including phenoxy) is 1. The minimum absolute atomic E-state index is 0.0927. The van der Waals surface area contributed by atoms with E-state index in [1.165, 1.54) is 4.90 Å². The molecule has 1 aliphatic rings. The smallest absolute Gasteiger partial charge is 0.167 e. The molecule has 1 aromatic heterocycles. The van der Waals surface area contributed by atoms with Crippen molar-refractivity contribution in [3.05, 3.63) is 35.9 Å². The molecule has 2 unspecified atom stereocenters. The maximum atomic E-state index is 5.92. The largest absolute Gasteiger partial charge is 0.480 e. The Labute approximate surface area is 109 Å². The lowest BCUT2D eigenvalue weighted by Gasteiger charge is -2.23. The second-order valence-corrected chi connectivity index (χ2v) is 5.29. The number of benzene rings is 1. The van der Waals surface area contributed by atoms with Crippen molar-refractivity contribution in [1.82, 2.24) is 15.2 Å². The molecule has 5 nitrogen and oxygen atoms in total. The van der Waals surface area contributed by atoms with Crippen molar-refractivity contribution in [3.63, 3.8) is 0 Å². The van der Waals surface area contributed by atoms with E-state index in [2.05, 4.69) is 21.2 Å². The lowest BCUT2D eigenvalue weighted by Crippen LogP contribution is -2.16. The van der Waals surface area contributed by atoms with Crippen LogP contribution in [0.5, 0.6) is 5.75 Å². The topological polar surface area (TPSA) is 76.8 Å². The van der Waals surface area contributed by atoms with Crippen molar-refractivity contribution in [2.24, 2.45) is 5.73 Å². The summed E-state index contributed by atoms with van der Waals surface area (Å²) in [7, 11) is 0. The Morgan fingerprint density at radius 2 is 2.33 bits per heavy atom. The fraction of sp³-hybridized carbons (Fsp3) is 0.333. The molecule has 0 saturated carbocycles. The number of nitrogens with two attached hydrogens (primary N) is 1. The molecule has 0 spiro atoms. The third-order valence-electron chi connectivity index (χ3n) is 2.74. The van der Waals surface area contributed by atoms with E-state index < -0.39 is 0 Å². The van der Waals surface area contributed by atoms with Crippen LogP contribution in [-0.4, -0.2) is 20.9 Å². The number of nitrogens with one attached hydrogen (secondary N) is 1. The van der Waals surface area contributed by atoms with Crippen molar-refractivity contribution in [2.75, 3.05) is 5.75 Å². The van der Waals surface area contributed by atoms with Crippen LogP contribution in [0.2, 0.25) is 0 Å². The van der Waals surface area contributed by atoms with Crippen molar-refractivity contribution in [3.8, 4) is 5.75 Å². The summed E-state index contributed by atoms with van der Waals surface area (Å²) in [5.41, 5.74) is 5.74. The first-order chi connectivity index (χ1) is 8.74. The van der Waals surface area contributed by atoms with Crippen LogP contribution in [0, 0.1) is 0 Å². The minimum atomic E-state index is -0.168. The van der Waals surface area contributed by atoms with E-state index in [-0.39, 0.29) is 12.1 Å². The van der Waals surface area contributed by atoms with Gasteiger partial charge in [0.2, 0.25) is 0 Å². The molecule has 18 heavy (non-hydrogen) atoms. The van der Waals surface area contributed by atoms with Gasteiger partial charge in [-0.05, 0) is 19.1 Å². The standard InChI is InChI=1S/C12H14N4OS/c1-7(13)11-14-12(16-15-11)9-6-18-10-5-3-2-4-8(10)17-9/h2-5,7,9H,6,13H2,1H3,(H,14,15,16). The highest BCUT2D eigenvalue weighted by Gasteiger charge is 2.24. The first-order valence-electron chi connectivity index (χ1n) is 5.80. The second-order valence-electron chi connectivity index (χ2n) is 4.23. The number of H-pyrrole nitrogens is 1. The fourth-order valence-electron chi connectivity index (χ4n) is 1.79. The molecule has 2 heterocycles. The van der Waals surface area contributed by atoms with Crippen molar-refractivity contribution in [2.45, 2.75) is 24.0 Å². The van der Waals surface area contributed by atoms with Gasteiger partial charge in [-0.3, -0.25) is 5.10 Å². The molecule has 0 bridgehead atoms. The average Bonchev–Trinajstić information content (AvgIpc) is 2.88. The molecule has 0 fully saturated rings. The van der Waals surface area contributed by atoms with Gasteiger partial charge in [-0.15, -0.1) is 11.8 Å². The number of hydrogen-bond donors (Lipinski definition) is 2. The van der Waals surface area contributed by atoms with E-state index in [9.17, 15) is 0 Å². The molecular weight excluding hydrogens is 248 g/mol. The molecule has 0 amide bonds. The van der Waals surface area contributed by atoms with Crippen LogP contribution in [0.3, 0.4) is 0 Å². The quantitative estimate of drug-likeness (QED) is 0.866. The van der Waals surface area contributed by atoms with Crippen LogP contribution >= 0.6 is 11.8 Å². The normalized spacial score (nSPS) is 20.0. The van der Waals surface area contributed by atoms with Crippen LogP contribution in [0.1, 0.15) is 30.7 Å². The third kappa shape index (κ3) is 2.09. The SMILES string of the molecule is CC(N)c1n[nH]c(C2CSc3ccccc3O2)n1. The van der Waals surface area contributed by atoms with Crippen molar-refractivity contribution >= 4 is 11.8 Å². The molecule has 94 valence electrons. The van der Waals surface area contributed by atoms with E-state index in [4.69, 9.17) is 10.5 Å². The Morgan fingerprint density at radius 1 is 1.50 bits per heavy atom. The zero-order valence-corrected chi connectivity index (χ0v) is 10.8. The van der Waals surface area contributed by atoms with Gasteiger partial charge in [0.25, 0.3) is 0 Å². The highest BCUT2D eigenvalue weighted by molar-refractivity contribution is 7.99. The number of para-hydroxylation sites is 1. The average molecular weight is 262 g/mol. The Kier molecular flexibility index (Phi) is 2.97. The van der Waals surface area contributed by atoms with Crippen LogP contribution in [0.4, 0.5) is 0 Å². The van der Waals surface area contributed by atoms with Gasteiger partial charge in [-0.2, -0.15) is 5.10 Å². The summed E-state index contributed by atoms with van der Waals surface area (Å²) in [6, 6.07) is 7.84. The maximum Gasteiger partial charge on any atom is 0.167 e. The number of aromatic amines is 1. The summed E-state index contributed by atoms with van der Waals surface area (Å²) in [6.45, 7) is 1.86. The van der Waals surface area contributed by atoms with Crippen molar-refractivity contribution in [1.29, 1.82) is 0 Å². The number of thioether (sulfide) groups is 1. The lowest BCUT2D eigenvalue weighted by molar-refractivity contribution is 0.210. The van der Waals surface area contributed by atoms with Gasteiger partial charge in [0.1, 0.15) is 5.75 Å². The zero-order valence-electron chi connectivity index (χ0n) is 9.96. The molecule has 0 aliphatic carbocycles. The molecule has 1 aliphatic heterocycles. The van der Waals surface area contributed by atoms with Gasteiger partial charge in [0, 0.05) is 10.6 Å². The molecule has 3 rings (SSSR count). The first-order valence-corrected chi connectivity index (χ1v) is 6.79. The number of fused-ring (bicyclic) bond motifs is 1. The van der Waals surface area contributed by atoms with Crippen molar-refractivity contribution < 1.29 is 4.74 Å². The predicted molar refractivity (Wildman–Crippen MR) is 69.5 cm³/mol. The molecule has 0 saturated heterocycles. The Morgan fingerprint density at radius 3 is 3.11 bits per heavy atom. The molecule has 2 aromatic rings. The monoisotopic (exact) mass is 262 g/mol. The van der Waals surface area contributed by atoms with Gasteiger partial charge in [-0.25, -0.2) is 4.98 Å². The third-order valence-corrected chi connectivity index (χ3v) is 3.86. The van der Waals surface area contributed by atoms with E-state index in [0.717, 1.165) is 17.3 Å². The van der Waals surface area contributed by atoms with E-state index in [1.54, 1.807) is 11.8 Å². The molecule has 6 heteroatoms. The van der Waals surface area contributed by atoms with Crippen LogP contribution < -0.4 is 10.5 Å². The second kappa shape index (κ2) is 4.62. The van der Waals surface area contributed by atoms with E-state index >= 15 is 0 Å². The van der Waals surface area contributed by atoms with E-state index in [0.29, 0.717) is 5.82 Å². The highest BCUT2D eigenvalue weighted by atomic mass is 32.2. The molecule has 2 atom stereocenters. The van der Waals surface area contributed by atoms with Gasteiger partial charge < -0.3 is 10.5 Å². The summed E-state index contributed by atoms with van der Waals surface area (Å²) >= 11 is 1.77. The number of aromatic nitrogens is 3. The van der Waals surface area contributed by atoms with Gasteiger partial charge in [0.05, 0.1) is 6.04 Å². The Bertz CT molecular complexity index is 555. The molecule has 0 radical (unpaired) electrons. The number of rotatable bonds is 2. The summed E-state index contributed by atoms with van der Waals surface area (Å²) in [6.07, 6.45) is -0.0927. The summed E-state index contributed by atoms with van der Waals surface area (Å²) in [4.78, 5) is 5.54. The summed E-state index contributed by atoms with van der Waals surface area (Å²) < 4.78 is 5.92. The number of hydrogen-bond acceptors (Lipinski definition) is 5. The Balaban J connectivity index is 1.83. The van der Waals surface area contributed by atoms with Gasteiger partial charge in [0.15, 0.2) is 17.8 Å². The van der Waals surface area contributed by atoms with Gasteiger partial charge >= 0.3 is 0 Å². The van der Waals surface area contributed by atoms with Crippen LogP contribution in [-0.2, 0) is 0 Å². The highest BCUT2D eigenvalue weighted by Crippen LogP contribution is 2.39. The maximum absolute atomic E-state index is 5.92.